The van der Waals surface area contributed by atoms with Crippen LogP contribution in [0, 0.1) is 5.92 Å². The molecule has 1 aliphatic heterocycles. The van der Waals surface area contributed by atoms with Gasteiger partial charge < -0.3 is 30.1 Å². The van der Waals surface area contributed by atoms with Gasteiger partial charge in [-0.3, -0.25) is 0 Å². The molecule has 1 aromatic rings. The van der Waals surface area contributed by atoms with Gasteiger partial charge >= 0.3 is 0 Å². The molecule has 0 amide bonds. The first-order chi connectivity index (χ1) is 11.5. The summed E-state index contributed by atoms with van der Waals surface area (Å²) in [6.07, 6.45) is -0.283. The van der Waals surface area contributed by atoms with Gasteiger partial charge in [-0.25, -0.2) is 0 Å². The quantitative estimate of drug-likeness (QED) is 0.622. The van der Waals surface area contributed by atoms with Crippen molar-refractivity contribution >= 4 is 0 Å². The molecule has 132 valence electrons. The van der Waals surface area contributed by atoms with Gasteiger partial charge in [0.15, 0.2) is 11.5 Å². The molecular weight excluding hydrogens is 310 g/mol. The largest absolute Gasteiger partial charge is 0.504 e. The number of aliphatic hydroxyl groups is 2. The number of piperidine rings is 1. The van der Waals surface area contributed by atoms with Crippen molar-refractivity contribution in [3.63, 3.8) is 0 Å². The molecule has 4 rings (SSSR count). The first kappa shape index (κ1) is 16.1. The Morgan fingerprint density at radius 1 is 1.25 bits per heavy atom. The molecule has 6 nitrogen and oxygen atoms in total. The molecule has 0 spiro atoms. The van der Waals surface area contributed by atoms with Crippen molar-refractivity contribution in [1.29, 1.82) is 0 Å². The van der Waals surface area contributed by atoms with E-state index in [1.165, 1.54) is 0 Å². The van der Waals surface area contributed by atoms with Gasteiger partial charge in [0.05, 0.1) is 19.3 Å². The van der Waals surface area contributed by atoms with E-state index < -0.39 is 23.7 Å². The highest BCUT2D eigenvalue weighted by Gasteiger charge is 2.61. The molecule has 6 heteroatoms. The maximum Gasteiger partial charge on any atom is 0.161 e. The van der Waals surface area contributed by atoms with E-state index in [2.05, 4.69) is 5.32 Å². The summed E-state index contributed by atoms with van der Waals surface area (Å²) in [6.45, 7) is 0.816. The molecule has 1 heterocycles. The van der Waals surface area contributed by atoms with Gasteiger partial charge in [-0.1, -0.05) is 6.07 Å². The van der Waals surface area contributed by atoms with Crippen LogP contribution >= 0.6 is 0 Å². The molecule has 3 aliphatic rings. The molecule has 0 aromatic heterocycles. The predicted molar refractivity (Wildman–Crippen MR) is 87.4 cm³/mol. The molecule has 24 heavy (non-hydrogen) atoms. The van der Waals surface area contributed by atoms with E-state index in [0.717, 1.165) is 30.5 Å². The summed E-state index contributed by atoms with van der Waals surface area (Å²) in [5, 5.41) is 35.4. The fourth-order valence-corrected chi connectivity index (χ4v) is 5.49. The topological polar surface area (TPSA) is 91.2 Å². The minimum atomic E-state index is -0.912. The van der Waals surface area contributed by atoms with Gasteiger partial charge in [-0.2, -0.15) is 0 Å². The van der Waals surface area contributed by atoms with Crippen LogP contribution in [0.3, 0.4) is 0 Å². The average Bonchev–Trinajstić information content (AvgIpc) is 2.55. The van der Waals surface area contributed by atoms with Crippen LogP contribution in [-0.4, -0.2) is 60.4 Å². The standard InChI is InChI=1S/C18H25NO5/c1-23-12-4-3-9-7-10-14-17(24-2)15(21)11(20)8-18(14,5-6-19-10)13(9)16(12)22/h3-4,10-11,14-15,17,19-22H,5-8H2,1-2H3/t10-,11-,14?,15-,17?,18+/m0/s1. The lowest BCUT2D eigenvalue weighted by atomic mass is 9.50. The van der Waals surface area contributed by atoms with Crippen molar-refractivity contribution < 1.29 is 24.8 Å². The first-order valence-corrected chi connectivity index (χ1v) is 8.55. The fraction of sp³-hybridized carbons (Fsp3) is 0.667. The summed E-state index contributed by atoms with van der Waals surface area (Å²) >= 11 is 0. The molecule has 4 N–H and O–H groups in total. The van der Waals surface area contributed by atoms with Crippen molar-refractivity contribution in [2.75, 3.05) is 20.8 Å². The van der Waals surface area contributed by atoms with E-state index in [0.29, 0.717) is 12.2 Å². The van der Waals surface area contributed by atoms with Crippen LogP contribution in [0.5, 0.6) is 11.5 Å². The highest BCUT2D eigenvalue weighted by atomic mass is 16.5. The van der Waals surface area contributed by atoms with Crippen LogP contribution in [0.4, 0.5) is 0 Å². The normalized spacial score (nSPS) is 40.6. The summed E-state index contributed by atoms with van der Waals surface area (Å²) in [5.41, 5.74) is 1.54. The number of phenols is 1. The highest BCUT2D eigenvalue weighted by molar-refractivity contribution is 5.56. The van der Waals surface area contributed by atoms with Gasteiger partial charge in [-0.15, -0.1) is 0 Å². The SMILES string of the molecule is COc1ccc2c(c1O)[C@]13CCN[C@@H](C2)C1C(OC)[C@@H](O)[C@@H](O)C3. The second-order valence-electron chi connectivity index (χ2n) is 7.31. The Labute approximate surface area is 141 Å². The lowest BCUT2D eigenvalue weighted by molar-refractivity contribution is -0.169. The molecule has 0 radical (unpaired) electrons. The van der Waals surface area contributed by atoms with Crippen LogP contribution < -0.4 is 10.1 Å². The number of aliphatic hydroxyl groups excluding tert-OH is 2. The first-order valence-electron chi connectivity index (χ1n) is 8.55. The lowest BCUT2D eigenvalue weighted by Crippen LogP contribution is -2.69. The number of aromatic hydroxyl groups is 1. The van der Waals surface area contributed by atoms with E-state index in [1.807, 2.05) is 6.07 Å². The second kappa shape index (κ2) is 5.59. The smallest absolute Gasteiger partial charge is 0.161 e. The van der Waals surface area contributed by atoms with Crippen molar-refractivity contribution in [2.45, 2.75) is 49.0 Å². The number of nitrogens with one attached hydrogen (secondary N) is 1. The molecule has 2 bridgehead atoms. The van der Waals surface area contributed by atoms with E-state index >= 15 is 0 Å². The van der Waals surface area contributed by atoms with Gasteiger partial charge in [0, 0.05) is 30.0 Å². The summed E-state index contributed by atoms with van der Waals surface area (Å²) in [6, 6.07) is 3.96. The lowest BCUT2D eigenvalue weighted by Gasteiger charge is -2.59. The van der Waals surface area contributed by atoms with E-state index in [1.54, 1.807) is 20.3 Å². The number of fused-ring (bicyclic) bond motifs is 1. The van der Waals surface area contributed by atoms with E-state index in [-0.39, 0.29) is 17.7 Å². The van der Waals surface area contributed by atoms with Gasteiger partial charge in [-0.05, 0) is 37.4 Å². The molecule has 2 fully saturated rings. The van der Waals surface area contributed by atoms with Crippen LogP contribution in [-0.2, 0) is 16.6 Å². The molecule has 2 unspecified atom stereocenters. The Balaban J connectivity index is 1.94. The van der Waals surface area contributed by atoms with E-state index in [9.17, 15) is 15.3 Å². The summed E-state index contributed by atoms with van der Waals surface area (Å²) in [7, 11) is 3.12. The monoisotopic (exact) mass is 335 g/mol. The second-order valence-corrected chi connectivity index (χ2v) is 7.31. The number of hydrogen-bond acceptors (Lipinski definition) is 6. The van der Waals surface area contributed by atoms with Gasteiger partial charge in [0.2, 0.25) is 0 Å². The van der Waals surface area contributed by atoms with Crippen molar-refractivity contribution in [3.8, 4) is 11.5 Å². The molecule has 6 atom stereocenters. The van der Waals surface area contributed by atoms with Crippen LogP contribution in [0.25, 0.3) is 0 Å². The highest BCUT2D eigenvalue weighted by Crippen LogP contribution is 2.58. The third-order valence-corrected chi connectivity index (χ3v) is 6.36. The van der Waals surface area contributed by atoms with E-state index in [4.69, 9.17) is 9.47 Å². The Kier molecular flexibility index (Phi) is 3.76. The van der Waals surface area contributed by atoms with Crippen molar-refractivity contribution in [2.24, 2.45) is 5.92 Å². The molecule has 1 saturated heterocycles. The summed E-state index contributed by atoms with van der Waals surface area (Å²) < 4.78 is 10.9. The Morgan fingerprint density at radius 2 is 2.04 bits per heavy atom. The van der Waals surface area contributed by atoms with Crippen LogP contribution in [0.15, 0.2) is 12.1 Å². The number of hydrogen-bond donors (Lipinski definition) is 4. The van der Waals surface area contributed by atoms with Crippen molar-refractivity contribution in [1.82, 2.24) is 5.32 Å². The number of methoxy groups -OCH3 is 2. The number of rotatable bonds is 2. The van der Waals surface area contributed by atoms with Gasteiger partial charge in [0.1, 0.15) is 6.10 Å². The zero-order valence-electron chi connectivity index (χ0n) is 14.0. The number of ether oxygens (including phenoxy) is 2. The molecule has 1 saturated carbocycles. The molecule has 2 aliphatic carbocycles. The van der Waals surface area contributed by atoms with Crippen molar-refractivity contribution in [3.05, 3.63) is 23.3 Å². The third kappa shape index (κ3) is 1.97. The van der Waals surface area contributed by atoms with Gasteiger partial charge in [0.25, 0.3) is 0 Å². The summed E-state index contributed by atoms with van der Waals surface area (Å²) in [5.74, 6) is 0.618. The van der Waals surface area contributed by atoms with Crippen LogP contribution in [0.1, 0.15) is 24.0 Å². The zero-order valence-corrected chi connectivity index (χ0v) is 14.0. The predicted octanol–water partition coefficient (Wildman–Crippen LogP) is 0.313. The molecule has 1 aromatic carbocycles. The molecular formula is C18H25NO5. The Bertz CT molecular complexity index is 651. The zero-order chi connectivity index (χ0) is 17.1. The maximum atomic E-state index is 10.9. The average molecular weight is 335 g/mol. The Morgan fingerprint density at radius 3 is 2.75 bits per heavy atom. The minimum Gasteiger partial charge on any atom is -0.504 e. The maximum absolute atomic E-state index is 10.9. The summed E-state index contributed by atoms with van der Waals surface area (Å²) in [4.78, 5) is 0. The number of benzene rings is 1. The number of phenolic OH excluding ortho intramolecular Hbond substituents is 1. The minimum absolute atomic E-state index is 0.000145. The fourth-order valence-electron chi connectivity index (χ4n) is 5.49. The Hall–Kier alpha value is -1.34. The third-order valence-electron chi connectivity index (χ3n) is 6.36. The van der Waals surface area contributed by atoms with Crippen LogP contribution in [0.2, 0.25) is 0 Å².